The second kappa shape index (κ2) is 9.32. The Balaban J connectivity index is 1.47. The van der Waals surface area contributed by atoms with E-state index in [0.717, 1.165) is 36.8 Å². The molecule has 0 spiro atoms. The summed E-state index contributed by atoms with van der Waals surface area (Å²) in [5, 5.41) is 3.36. The maximum absolute atomic E-state index is 13.9. The van der Waals surface area contributed by atoms with E-state index in [-0.39, 0.29) is 23.8 Å². The summed E-state index contributed by atoms with van der Waals surface area (Å²) in [6, 6.07) is 14.1. The van der Waals surface area contributed by atoms with E-state index in [2.05, 4.69) is 24.4 Å². The van der Waals surface area contributed by atoms with E-state index < -0.39 is 5.54 Å². The minimum atomic E-state index is -0.987. The first-order valence-corrected chi connectivity index (χ1v) is 12.7. The molecular formula is C28H35N3O3. The van der Waals surface area contributed by atoms with Crippen molar-refractivity contribution in [2.24, 2.45) is 0 Å². The van der Waals surface area contributed by atoms with Gasteiger partial charge in [-0.15, -0.1) is 0 Å². The molecule has 1 aliphatic heterocycles. The Hall–Kier alpha value is -3.02. The Morgan fingerprint density at radius 2 is 1.82 bits per heavy atom. The van der Waals surface area contributed by atoms with Crippen molar-refractivity contribution < 1.29 is 14.0 Å². The lowest BCUT2D eigenvalue weighted by Gasteiger charge is -2.45. The van der Waals surface area contributed by atoms with Crippen molar-refractivity contribution in [3.8, 4) is 0 Å². The van der Waals surface area contributed by atoms with Gasteiger partial charge in [0.15, 0.2) is 5.58 Å². The lowest BCUT2D eigenvalue weighted by Crippen LogP contribution is -2.65. The molecule has 6 heteroatoms. The molecule has 3 aromatic rings. The number of hydrogen-bond acceptors (Lipinski definition) is 3. The van der Waals surface area contributed by atoms with Gasteiger partial charge in [-0.2, -0.15) is 0 Å². The van der Waals surface area contributed by atoms with Crippen molar-refractivity contribution >= 4 is 22.9 Å². The zero-order valence-electron chi connectivity index (χ0n) is 20.3. The van der Waals surface area contributed by atoms with Crippen LogP contribution in [-0.2, 0) is 11.3 Å². The van der Waals surface area contributed by atoms with Crippen molar-refractivity contribution in [2.45, 2.75) is 82.8 Å². The first-order valence-electron chi connectivity index (χ1n) is 12.7. The molecule has 0 unspecified atom stereocenters. The van der Waals surface area contributed by atoms with E-state index >= 15 is 0 Å². The summed E-state index contributed by atoms with van der Waals surface area (Å²) in [7, 11) is 0. The van der Waals surface area contributed by atoms with Crippen LogP contribution in [-0.4, -0.2) is 39.4 Å². The number of rotatable bonds is 5. The van der Waals surface area contributed by atoms with Gasteiger partial charge in [-0.3, -0.25) is 9.59 Å². The predicted molar refractivity (Wildman–Crippen MR) is 133 cm³/mol. The van der Waals surface area contributed by atoms with E-state index in [9.17, 15) is 9.59 Å². The van der Waals surface area contributed by atoms with Gasteiger partial charge in [0.1, 0.15) is 11.2 Å². The van der Waals surface area contributed by atoms with Gasteiger partial charge in [0.25, 0.3) is 5.91 Å². The Morgan fingerprint density at radius 1 is 1.12 bits per heavy atom. The molecule has 1 saturated carbocycles. The summed E-state index contributed by atoms with van der Waals surface area (Å²) < 4.78 is 7.55. The maximum Gasteiger partial charge on any atom is 0.271 e. The molecule has 6 nitrogen and oxygen atoms in total. The quantitative estimate of drug-likeness (QED) is 0.547. The van der Waals surface area contributed by atoms with Gasteiger partial charge in [-0.05, 0) is 31.2 Å². The number of fused-ring (bicyclic) bond motifs is 3. The van der Waals surface area contributed by atoms with Gasteiger partial charge >= 0.3 is 0 Å². The summed E-state index contributed by atoms with van der Waals surface area (Å²) in [5.41, 5.74) is 2.31. The van der Waals surface area contributed by atoms with Crippen molar-refractivity contribution in [3.63, 3.8) is 0 Å². The second-order valence-corrected chi connectivity index (χ2v) is 10.3. The fourth-order valence-electron chi connectivity index (χ4n) is 5.66. The Bertz CT molecular complexity index is 1160. The fourth-order valence-corrected chi connectivity index (χ4v) is 5.66. The first kappa shape index (κ1) is 22.8. The van der Waals surface area contributed by atoms with E-state index in [1.165, 1.54) is 19.3 Å². The van der Waals surface area contributed by atoms with Crippen molar-refractivity contribution in [3.05, 3.63) is 60.0 Å². The van der Waals surface area contributed by atoms with Gasteiger partial charge in [0.05, 0.1) is 18.3 Å². The lowest BCUT2D eigenvalue weighted by atomic mass is 9.90. The number of benzene rings is 1. The van der Waals surface area contributed by atoms with Crippen LogP contribution in [0.25, 0.3) is 11.1 Å². The number of hydrogen-bond donors (Lipinski definition) is 1. The topological polar surface area (TPSA) is 67.5 Å². The van der Waals surface area contributed by atoms with E-state index in [1.807, 2.05) is 41.8 Å². The molecular weight excluding hydrogens is 426 g/mol. The molecule has 5 rings (SSSR count). The van der Waals surface area contributed by atoms with Crippen molar-refractivity contribution in [1.29, 1.82) is 0 Å². The van der Waals surface area contributed by atoms with Crippen LogP contribution >= 0.6 is 0 Å². The number of amides is 2. The molecule has 2 aromatic heterocycles. The number of nitrogens with one attached hydrogen (secondary N) is 1. The molecule has 180 valence electrons. The minimum Gasteiger partial charge on any atom is -0.463 e. The lowest BCUT2D eigenvalue weighted by molar-refractivity contribution is -0.133. The summed E-state index contributed by atoms with van der Waals surface area (Å²) in [6.07, 6.45) is 9.70. The monoisotopic (exact) mass is 461 g/mol. The molecule has 1 fully saturated rings. The molecule has 1 aromatic carbocycles. The zero-order valence-corrected chi connectivity index (χ0v) is 20.3. The molecule has 2 amide bonds. The van der Waals surface area contributed by atoms with Crippen LogP contribution in [0, 0.1) is 0 Å². The third-order valence-electron chi connectivity index (χ3n) is 7.80. The van der Waals surface area contributed by atoms with E-state index in [1.54, 1.807) is 11.2 Å². The molecule has 1 aliphatic carbocycles. The highest BCUT2D eigenvalue weighted by Crippen LogP contribution is 2.34. The molecule has 1 N–H and O–H groups in total. The van der Waals surface area contributed by atoms with Crippen LogP contribution < -0.4 is 5.32 Å². The molecule has 3 heterocycles. The normalized spacial score (nSPS) is 22.8. The summed E-state index contributed by atoms with van der Waals surface area (Å²) >= 11 is 0. The third kappa shape index (κ3) is 4.15. The third-order valence-corrected chi connectivity index (χ3v) is 7.80. The van der Waals surface area contributed by atoms with Crippen LogP contribution in [0.3, 0.4) is 0 Å². The molecule has 0 bridgehead atoms. The highest BCUT2D eigenvalue weighted by atomic mass is 16.3. The van der Waals surface area contributed by atoms with Crippen molar-refractivity contribution in [2.75, 3.05) is 6.54 Å². The van der Waals surface area contributed by atoms with Gasteiger partial charge < -0.3 is 19.2 Å². The molecule has 2 aliphatic rings. The SMILES string of the molecule is C[C@H](CN1C(=O)c2cc3occc3n2C[C@]1(C)C(=O)NC1CCCCCCC1)c1ccccc1. The van der Waals surface area contributed by atoms with Crippen LogP contribution in [0.5, 0.6) is 0 Å². The number of nitrogens with zero attached hydrogens (tertiary/aromatic N) is 2. The summed E-state index contributed by atoms with van der Waals surface area (Å²) in [4.78, 5) is 29.6. The molecule has 34 heavy (non-hydrogen) atoms. The van der Waals surface area contributed by atoms with Gasteiger partial charge in [-0.25, -0.2) is 0 Å². The number of carbonyl (C=O) groups is 2. The Morgan fingerprint density at radius 3 is 2.56 bits per heavy atom. The van der Waals surface area contributed by atoms with Gasteiger partial charge in [-0.1, -0.05) is 69.4 Å². The maximum atomic E-state index is 13.9. The van der Waals surface area contributed by atoms with Crippen LogP contribution in [0.2, 0.25) is 0 Å². The van der Waals surface area contributed by atoms with Crippen molar-refractivity contribution in [1.82, 2.24) is 14.8 Å². The van der Waals surface area contributed by atoms with Gasteiger partial charge in [0.2, 0.25) is 5.91 Å². The fraction of sp³-hybridized carbons (Fsp3) is 0.500. The number of aromatic nitrogens is 1. The van der Waals surface area contributed by atoms with Crippen LogP contribution in [0.1, 0.15) is 80.8 Å². The van der Waals surface area contributed by atoms with Crippen LogP contribution in [0.4, 0.5) is 0 Å². The highest BCUT2D eigenvalue weighted by Gasteiger charge is 2.48. The summed E-state index contributed by atoms with van der Waals surface area (Å²) in [5.74, 6) is -0.0680. The van der Waals surface area contributed by atoms with E-state index in [0.29, 0.717) is 24.4 Å². The smallest absolute Gasteiger partial charge is 0.271 e. The average molecular weight is 462 g/mol. The van der Waals surface area contributed by atoms with Gasteiger partial charge in [0, 0.05) is 24.7 Å². The molecule has 0 saturated heterocycles. The largest absolute Gasteiger partial charge is 0.463 e. The van der Waals surface area contributed by atoms with Crippen LogP contribution in [0.15, 0.2) is 53.1 Å². The summed E-state index contributed by atoms with van der Waals surface area (Å²) in [6.45, 7) is 4.94. The average Bonchev–Trinajstić information content (AvgIpc) is 3.41. The second-order valence-electron chi connectivity index (χ2n) is 10.3. The Kier molecular flexibility index (Phi) is 6.24. The minimum absolute atomic E-state index is 0.0531. The predicted octanol–water partition coefficient (Wildman–Crippen LogP) is 5.48. The van der Waals surface area contributed by atoms with E-state index in [4.69, 9.17) is 4.42 Å². The number of carbonyl (C=O) groups excluding carboxylic acids is 2. The standard InChI is InChI=1S/C28H35N3O3/c1-20(21-11-7-6-8-12-21)18-31-26(32)24-17-25-23(15-16-34-25)30(24)19-28(31,2)27(33)29-22-13-9-4-3-5-10-14-22/h6-8,11-12,15-17,20,22H,3-5,9-10,13-14,18-19H2,1-2H3,(H,29,33)/t20-,28-/m1/s1. The molecule has 2 atom stereocenters. The number of furan rings is 1. The first-order chi connectivity index (χ1) is 16.5. The highest BCUT2D eigenvalue weighted by molar-refractivity contribution is 6.03. The zero-order chi connectivity index (χ0) is 23.7. The Labute approximate surface area is 201 Å². The molecule has 0 radical (unpaired) electrons.